The summed E-state index contributed by atoms with van der Waals surface area (Å²) >= 11 is 0. The van der Waals surface area contributed by atoms with Crippen molar-refractivity contribution < 1.29 is 0 Å². The maximum atomic E-state index is 7.53. The molecular formula is C32H52N2. The van der Waals surface area contributed by atoms with Crippen LogP contribution in [0.5, 0.6) is 0 Å². The van der Waals surface area contributed by atoms with Crippen molar-refractivity contribution in [2.45, 2.75) is 124 Å². The standard InChI is InChI=1S/C30H46N2.C2H6/c1-21-10-15-29(4)25(20-21)11-17-30(31)26-9-8-24(28(26,3)16-12-27(29)30)7-5-6-22(2)23-13-18-32-19-14-23;1-2/h11,13-14,18-19,21-22,24,26-27H,5-10,12,15-17,20,31H2,1-4H3;1-2H3/t21-,22?,24?,26?,27?,28?,29?,30?;/m1./s1. The summed E-state index contributed by atoms with van der Waals surface area (Å²) in [5.74, 6) is 3.77. The second-order valence-electron chi connectivity index (χ2n) is 12.8. The number of rotatable bonds is 5. The number of nitrogens with two attached hydrogens (primary N) is 1. The van der Waals surface area contributed by atoms with Crippen molar-refractivity contribution >= 4 is 0 Å². The van der Waals surface area contributed by atoms with E-state index >= 15 is 0 Å². The third kappa shape index (κ3) is 4.31. The van der Waals surface area contributed by atoms with E-state index in [4.69, 9.17) is 5.73 Å². The van der Waals surface area contributed by atoms with Crippen molar-refractivity contribution in [3.8, 4) is 0 Å². The SMILES string of the molecule is CC.CC(CCCC1CCC2C1(C)CCC1C3(C)CC[C@@H](C)CC3=CCC12N)c1ccncc1. The number of allylic oxidation sites excluding steroid dienone is 1. The number of nitrogens with zero attached hydrogens (tertiary/aromatic N) is 1. The fourth-order valence-electron chi connectivity index (χ4n) is 9.17. The van der Waals surface area contributed by atoms with E-state index < -0.39 is 0 Å². The number of hydrogen-bond donors (Lipinski definition) is 1. The smallest absolute Gasteiger partial charge is 0.0270 e. The van der Waals surface area contributed by atoms with Gasteiger partial charge in [0.1, 0.15) is 0 Å². The van der Waals surface area contributed by atoms with Crippen LogP contribution in [0.1, 0.15) is 124 Å². The second kappa shape index (κ2) is 10.1. The average molecular weight is 465 g/mol. The van der Waals surface area contributed by atoms with Crippen LogP contribution in [-0.4, -0.2) is 10.5 Å². The predicted octanol–water partition coefficient (Wildman–Crippen LogP) is 8.68. The Kier molecular flexibility index (Phi) is 7.68. The van der Waals surface area contributed by atoms with Gasteiger partial charge in [0.15, 0.2) is 0 Å². The molecule has 3 fully saturated rings. The van der Waals surface area contributed by atoms with Crippen molar-refractivity contribution in [1.82, 2.24) is 4.98 Å². The van der Waals surface area contributed by atoms with E-state index in [1.165, 1.54) is 69.8 Å². The van der Waals surface area contributed by atoms with Crippen LogP contribution in [0.4, 0.5) is 0 Å². The van der Waals surface area contributed by atoms with Crippen LogP contribution in [0.3, 0.4) is 0 Å². The van der Waals surface area contributed by atoms with Crippen LogP contribution < -0.4 is 5.73 Å². The zero-order valence-electron chi connectivity index (χ0n) is 23.1. The van der Waals surface area contributed by atoms with Crippen LogP contribution >= 0.6 is 0 Å². The highest BCUT2D eigenvalue weighted by atomic mass is 14.9. The van der Waals surface area contributed by atoms with Gasteiger partial charge in [0.05, 0.1) is 0 Å². The highest BCUT2D eigenvalue weighted by Gasteiger charge is 2.63. The second-order valence-corrected chi connectivity index (χ2v) is 12.8. The van der Waals surface area contributed by atoms with Gasteiger partial charge in [-0.25, -0.2) is 0 Å². The van der Waals surface area contributed by atoms with E-state index in [9.17, 15) is 0 Å². The molecule has 2 heteroatoms. The molecule has 0 aromatic carbocycles. The molecule has 1 aromatic rings. The lowest BCUT2D eigenvalue weighted by atomic mass is 9.44. The number of hydrogen-bond acceptors (Lipinski definition) is 2. The molecule has 2 nitrogen and oxygen atoms in total. The van der Waals surface area contributed by atoms with E-state index in [0.29, 0.717) is 28.6 Å². The molecule has 7 unspecified atom stereocenters. The minimum Gasteiger partial charge on any atom is -0.324 e. The third-order valence-corrected chi connectivity index (χ3v) is 11.2. The molecule has 0 amide bonds. The maximum absolute atomic E-state index is 7.53. The Balaban J connectivity index is 0.00000133. The lowest BCUT2D eigenvalue weighted by molar-refractivity contribution is -0.0635. The van der Waals surface area contributed by atoms with Crippen molar-refractivity contribution in [2.24, 2.45) is 40.2 Å². The minimum absolute atomic E-state index is 0.0326. The molecular weight excluding hydrogens is 412 g/mol. The molecule has 0 aliphatic heterocycles. The zero-order chi connectivity index (χ0) is 24.6. The van der Waals surface area contributed by atoms with Gasteiger partial charge in [-0.15, -0.1) is 0 Å². The molecule has 1 heterocycles. The van der Waals surface area contributed by atoms with Gasteiger partial charge >= 0.3 is 0 Å². The molecule has 2 N–H and O–H groups in total. The fraction of sp³-hybridized carbons (Fsp3) is 0.781. The molecule has 5 rings (SSSR count). The van der Waals surface area contributed by atoms with Gasteiger partial charge < -0.3 is 5.73 Å². The number of fused-ring (bicyclic) bond motifs is 5. The van der Waals surface area contributed by atoms with Crippen molar-refractivity contribution in [3.63, 3.8) is 0 Å². The predicted molar refractivity (Wildman–Crippen MR) is 146 cm³/mol. The van der Waals surface area contributed by atoms with Gasteiger partial charge in [-0.1, -0.05) is 59.6 Å². The van der Waals surface area contributed by atoms with Gasteiger partial charge in [-0.05, 0) is 122 Å². The molecule has 0 spiro atoms. The summed E-state index contributed by atoms with van der Waals surface area (Å²) in [6.45, 7) is 14.1. The normalized spacial score (nSPS) is 41.8. The van der Waals surface area contributed by atoms with Crippen molar-refractivity contribution in [1.29, 1.82) is 0 Å². The number of pyridine rings is 1. The molecule has 190 valence electrons. The zero-order valence-corrected chi connectivity index (χ0v) is 23.1. The molecule has 1 aromatic heterocycles. The summed E-state index contributed by atoms with van der Waals surface area (Å²) in [7, 11) is 0. The Labute approximate surface area is 210 Å². The van der Waals surface area contributed by atoms with Crippen LogP contribution in [0.15, 0.2) is 36.2 Å². The van der Waals surface area contributed by atoms with Crippen molar-refractivity contribution in [3.05, 3.63) is 41.7 Å². The van der Waals surface area contributed by atoms with Crippen LogP contribution in [-0.2, 0) is 0 Å². The van der Waals surface area contributed by atoms with E-state index in [-0.39, 0.29) is 5.54 Å². The first-order chi connectivity index (χ1) is 16.3. The Bertz CT molecular complexity index is 846. The summed E-state index contributed by atoms with van der Waals surface area (Å²) in [5.41, 5.74) is 11.6. The summed E-state index contributed by atoms with van der Waals surface area (Å²) in [6.07, 6.45) is 21.3. The highest BCUT2D eigenvalue weighted by Crippen LogP contribution is 2.67. The summed E-state index contributed by atoms with van der Waals surface area (Å²) in [6, 6.07) is 4.38. The first-order valence-corrected chi connectivity index (χ1v) is 14.7. The van der Waals surface area contributed by atoms with Crippen molar-refractivity contribution in [2.75, 3.05) is 0 Å². The average Bonchev–Trinajstić information content (AvgIpc) is 3.19. The first-order valence-electron chi connectivity index (χ1n) is 14.7. The molecule has 8 atom stereocenters. The minimum atomic E-state index is 0.0326. The van der Waals surface area contributed by atoms with Gasteiger partial charge in [0.2, 0.25) is 0 Å². The monoisotopic (exact) mass is 464 g/mol. The van der Waals surface area contributed by atoms with E-state index in [1.54, 1.807) is 5.57 Å². The molecule has 4 aliphatic rings. The first kappa shape index (κ1) is 25.9. The van der Waals surface area contributed by atoms with Crippen LogP contribution in [0.2, 0.25) is 0 Å². The quantitative estimate of drug-likeness (QED) is 0.443. The van der Waals surface area contributed by atoms with E-state index in [0.717, 1.165) is 18.3 Å². The van der Waals surface area contributed by atoms with Crippen LogP contribution in [0.25, 0.3) is 0 Å². The lowest BCUT2D eigenvalue weighted by Gasteiger charge is -2.63. The fourth-order valence-corrected chi connectivity index (χ4v) is 9.17. The maximum Gasteiger partial charge on any atom is 0.0270 e. The Morgan fingerprint density at radius 1 is 1.03 bits per heavy atom. The topological polar surface area (TPSA) is 38.9 Å². The summed E-state index contributed by atoms with van der Waals surface area (Å²) < 4.78 is 0. The van der Waals surface area contributed by atoms with E-state index in [2.05, 4.69) is 50.9 Å². The third-order valence-electron chi connectivity index (χ3n) is 11.2. The Morgan fingerprint density at radius 3 is 2.50 bits per heavy atom. The lowest BCUT2D eigenvalue weighted by Crippen LogP contribution is -2.65. The Hall–Kier alpha value is -1.15. The molecule has 3 saturated carbocycles. The molecule has 0 radical (unpaired) electrons. The number of aromatic nitrogens is 1. The largest absolute Gasteiger partial charge is 0.324 e. The van der Waals surface area contributed by atoms with Gasteiger partial charge in [-0.3, -0.25) is 4.98 Å². The van der Waals surface area contributed by atoms with Gasteiger partial charge in [0, 0.05) is 17.9 Å². The Morgan fingerprint density at radius 2 is 1.76 bits per heavy atom. The highest BCUT2D eigenvalue weighted by molar-refractivity contribution is 5.30. The summed E-state index contributed by atoms with van der Waals surface area (Å²) in [4.78, 5) is 4.18. The van der Waals surface area contributed by atoms with Gasteiger partial charge in [0.25, 0.3) is 0 Å². The molecule has 0 bridgehead atoms. The van der Waals surface area contributed by atoms with Gasteiger partial charge in [-0.2, -0.15) is 0 Å². The summed E-state index contributed by atoms with van der Waals surface area (Å²) in [5, 5.41) is 0. The van der Waals surface area contributed by atoms with Crippen LogP contribution in [0, 0.1) is 34.5 Å². The molecule has 0 saturated heterocycles. The van der Waals surface area contributed by atoms with E-state index in [1.807, 2.05) is 26.2 Å². The molecule has 4 aliphatic carbocycles. The molecule has 34 heavy (non-hydrogen) atoms.